The lowest BCUT2D eigenvalue weighted by molar-refractivity contribution is -0.146. The third-order valence-corrected chi connectivity index (χ3v) is 14.6. The normalized spacial score (nSPS) is 16.8. The van der Waals surface area contributed by atoms with Gasteiger partial charge in [0, 0.05) is 71.3 Å². The summed E-state index contributed by atoms with van der Waals surface area (Å²) in [6, 6.07) is 3.97. The van der Waals surface area contributed by atoms with E-state index in [9.17, 15) is 33.6 Å². The summed E-state index contributed by atoms with van der Waals surface area (Å²) >= 11 is 1.45. The number of likely N-dealkylation sites (N-methyl/N-ethyl adjacent to an activating group) is 3. The molecule has 73 heavy (non-hydrogen) atoms. The Hall–Kier alpha value is -5.42. The average molecular weight is 1040 g/mol. The van der Waals surface area contributed by atoms with Crippen LogP contribution in [0.4, 0.5) is 15.3 Å². The first-order valence-electron chi connectivity index (χ1n) is 25.5. The van der Waals surface area contributed by atoms with Gasteiger partial charge in [0.25, 0.3) is 0 Å². The Bertz CT molecular complexity index is 2050. The van der Waals surface area contributed by atoms with Gasteiger partial charge in [0.05, 0.1) is 55.8 Å². The first-order valence-corrected chi connectivity index (χ1v) is 26.3. The summed E-state index contributed by atoms with van der Waals surface area (Å²) in [4.78, 5) is 102. The Kier molecular flexibility index (Phi) is 26.6. The first-order chi connectivity index (χ1) is 34.7. The van der Waals surface area contributed by atoms with Crippen LogP contribution in [0.1, 0.15) is 97.6 Å². The molecule has 2 aromatic rings. The molecule has 1 aliphatic heterocycles. The molecule has 22 heteroatoms. The fourth-order valence-electron chi connectivity index (χ4n) is 9.37. The SMILES string of the molecule is CCC(C)C(C(CC(=O)N1CCCC1C(OC)C(C)C(=O)NCc1nccs1)OC)N(C)C(=O)CNC(=O)C(C(C)C)N(C)C(=O)OCc1ccc(NC(=O)C(CCCNC(N)=O)NCC(NC)C(C)C)cc1. The van der Waals surface area contributed by atoms with Crippen LogP contribution >= 0.6 is 11.3 Å². The number of aromatic nitrogens is 1. The number of carbonyl (C=O) groups is 7. The number of nitrogens with one attached hydrogen (secondary N) is 6. The van der Waals surface area contributed by atoms with Gasteiger partial charge < -0.3 is 61.6 Å². The summed E-state index contributed by atoms with van der Waals surface area (Å²) in [6.45, 7) is 14.7. The largest absolute Gasteiger partial charge is 0.445 e. The zero-order valence-corrected chi connectivity index (χ0v) is 46.0. The highest BCUT2D eigenvalue weighted by atomic mass is 32.1. The van der Waals surface area contributed by atoms with Crippen molar-refractivity contribution in [3.8, 4) is 0 Å². The number of primary amides is 1. The Labute approximate surface area is 436 Å². The Morgan fingerprint density at radius 2 is 1.60 bits per heavy atom. The zero-order chi connectivity index (χ0) is 54.4. The van der Waals surface area contributed by atoms with Crippen molar-refractivity contribution in [1.82, 2.24) is 46.3 Å². The standard InChI is InChI=1S/C51H85N11O10S/c1-13-33(6)45(40(70-11)26-42(63)62-24-15-17-39(62)46(71-12)34(7)47(65)57-28-41-54-23-25-73-41)60(9)43(64)29-58-49(67)44(32(4)5)61(10)51(69)72-30-35-18-20-36(21-19-35)59-48(66)37(16-14-22-55-50(52)68)56-27-38(53-8)31(2)3/h18-21,23,25,31-34,37-40,44-46,53,56H,13-17,22,24,26-30H2,1-12H3,(H,57,65)(H,58,67)(H,59,66)(H3,52,55,68). The van der Waals surface area contributed by atoms with Crippen molar-refractivity contribution < 1.29 is 47.8 Å². The molecule has 1 saturated heterocycles. The maximum Gasteiger partial charge on any atom is 0.410 e. The predicted molar refractivity (Wildman–Crippen MR) is 281 cm³/mol. The molecule has 1 fully saturated rings. The summed E-state index contributed by atoms with van der Waals surface area (Å²) < 4.78 is 17.5. The summed E-state index contributed by atoms with van der Waals surface area (Å²) in [5.74, 6) is -2.23. The number of hydrogen-bond acceptors (Lipinski definition) is 14. The van der Waals surface area contributed by atoms with Crippen molar-refractivity contribution in [2.75, 3.05) is 66.9 Å². The lowest BCUT2D eigenvalue weighted by atomic mass is 9.90. The number of thiazole rings is 1. The zero-order valence-electron chi connectivity index (χ0n) is 45.2. The number of carbonyl (C=O) groups excluding carboxylic acids is 7. The molecule has 1 aromatic carbocycles. The second-order valence-electron chi connectivity index (χ2n) is 19.6. The molecular weight excluding hydrogens is 959 g/mol. The highest BCUT2D eigenvalue weighted by Gasteiger charge is 2.42. The number of anilines is 1. The van der Waals surface area contributed by atoms with Gasteiger partial charge in [0.15, 0.2) is 0 Å². The monoisotopic (exact) mass is 1040 g/mol. The van der Waals surface area contributed by atoms with Crippen molar-refractivity contribution in [1.29, 1.82) is 0 Å². The van der Waals surface area contributed by atoms with E-state index in [1.165, 1.54) is 35.3 Å². The molecule has 9 unspecified atom stereocenters. The lowest BCUT2D eigenvalue weighted by Gasteiger charge is -2.39. The van der Waals surface area contributed by atoms with E-state index < -0.39 is 60.2 Å². The van der Waals surface area contributed by atoms with E-state index in [1.54, 1.807) is 70.3 Å². The minimum absolute atomic E-state index is 0.0231. The molecule has 0 bridgehead atoms. The van der Waals surface area contributed by atoms with Gasteiger partial charge in [-0.1, -0.05) is 67.0 Å². The number of amides is 8. The molecule has 9 atom stereocenters. The minimum atomic E-state index is -0.980. The van der Waals surface area contributed by atoms with Gasteiger partial charge in [-0.2, -0.15) is 0 Å². The van der Waals surface area contributed by atoms with E-state index in [1.807, 2.05) is 26.3 Å². The molecule has 2 heterocycles. The number of hydrogen-bond donors (Lipinski definition) is 7. The van der Waals surface area contributed by atoms with Crippen molar-refractivity contribution >= 4 is 58.7 Å². The van der Waals surface area contributed by atoms with Crippen LogP contribution in [0.15, 0.2) is 35.8 Å². The molecule has 0 spiro atoms. The quantitative estimate of drug-likeness (QED) is 0.0532. The second-order valence-corrected chi connectivity index (χ2v) is 20.6. The third kappa shape index (κ3) is 19.1. The van der Waals surface area contributed by atoms with Gasteiger partial charge in [-0.3, -0.25) is 28.9 Å². The maximum atomic E-state index is 14.2. The van der Waals surface area contributed by atoms with Crippen LogP contribution in [0.25, 0.3) is 0 Å². The van der Waals surface area contributed by atoms with Gasteiger partial charge in [0.1, 0.15) is 17.7 Å². The van der Waals surface area contributed by atoms with Gasteiger partial charge in [0.2, 0.25) is 29.5 Å². The van der Waals surface area contributed by atoms with Crippen LogP contribution in [-0.4, -0.2) is 165 Å². The molecule has 1 aliphatic rings. The van der Waals surface area contributed by atoms with E-state index in [4.69, 9.17) is 19.9 Å². The van der Waals surface area contributed by atoms with Crippen LogP contribution in [0.2, 0.25) is 0 Å². The van der Waals surface area contributed by atoms with Gasteiger partial charge >= 0.3 is 12.1 Å². The van der Waals surface area contributed by atoms with Gasteiger partial charge in [-0.05, 0) is 68.2 Å². The molecule has 0 radical (unpaired) electrons. The molecule has 8 N–H and O–H groups in total. The Morgan fingerprint density at radius 3 is 2.18 bits per heavy atom. The number of nitrogens with two attached hydrogens (primary N) is 1. The van der Waals surface area contributed by atoms with Crippen molar-refractivity contribution in [2.24, 2.45) is 29.4 Å². The van der Waals surface area contributed by atoms with Crippen LogP contribution in [0.3, 0.4) is 0 Å². The molecule has 410 valence electrons. The molecule has 21 nitrogen and oxygen atoms in total. The molecular formula is C51H85N11O10S. The number of ether oxygens (including phenoxy) is 3. The van der Waals surface area contributed by atoms with E-state index in [0.29, 0.717) is 69.0 Å². The van der Waals surface area contributed by atoms with E-state index in [2.05, 4.69) is 50.7 Å². The summed E-state index contributed by atoms with van der Waals surface area (Å²) in [7, 11) is 8.04. The van der Waals surface area contributed by atoms with E-state index in [0.717, 1.165) is 11.4 Å². The molecule has 0 aliphatic carbocycles. The number of rotatable bonds is 31. The maximum absolute atomic E-state index is 14.2. The summed E-state index contributed by atoms with van der Waals surface area (Å²) in [6.07, 6.45) is 2.74. The first kappa shape index (κ1) is 61.9. The number of benzene rings is 1. The fourth-order valence-corrected chi connectivity index (χ4v) is 9.92. The minimum Gasteiger partial charge on any atom is -0.445 e. The fraction of sp³-hybridized carbons (Fsp3) is 0.686. The second kappa shape index (κ2) is 31.3. The topological polar surface area (TPSA) is 268 Å². The van der Waals surface area contributed by atoms with E-state index in [-0.39, 0.29) is 61.2 Å². The molecule has 1 aromatic heterocycles. The number of likely N-dealkylation sites (tertiary alicyclic amines) is 1. The Balaban J connectivity index is 1.60. The van der Waals surface area contributed by atoms with Crippen LogP contribution in [-0.2, 0) is 51.3 Å². The van der Waals surface area contributed by atoms with Gasteiger partial charge in [-0.15, -0.1) is 11.3 Å². The van der Waals surface area contributed by atoms with Crippen molar-refractivity contribution in [2.45, 2.75) is 143 Å². The van der Waals surface area contributed by atoms with Crippen LogP contribution < -0.4 is 37.6 Å². The van der Waals surface area contributed by atoms with Gasteiger partial charge in [-0.25, -0.2) is 14.6 Å². The number of methoxy groups -OCH3 is 2. The lowest BCUT2D eigenvalue weighted by Crippen LogP contribution is -2.55. The molecule has 0 saturated carbocycles. The van der Waals surface area contributed by atoms with Crippen molar-refractivity contribution in [3.05, 3.63) is 46.4 Å². The van der Waals surface area contributed by atoms with Crippen LogP contribution in [0, 0.1) is 23.7 Å². The molecule has 3 rings (SSSR count). The predicted octanol–water partition coefficient (Wildman–Crippen LogP) is 3.68. The van der Waals surface area contributed by atoms with Crippen molar-refractivity contribution in [3.63, 3.8) is 0 Å². The third-order valence-electron chi connectivity index (χ3n) is 13.8. The highest BCUT2D eigenvalue weighted by molar-refractivity contribution is 7.09. The smallest absolute Gasteiger partial charge is 0.410 e. The summed E-state index contributed by atoms with van der Waals surface area (Å²) in [5, 5.41) is 20.4. The van der Waals surface area contributed by atoms with Crippen LogP contribution in [0.5, 0.6) is 0 Å². The van der Waals surface area contributed by atoms with E-state index >= 15 is 0 Å². The number of nitrogens with zero attached hydrogens (tertiary/aromatic N) is 4. The highest BCUT2D eigenvalue weighted by Crippen LogP contribution is 2.29. The number of urea groups is 1. The summed E-state index contributed by atoms with van der Waals surface area (Å²) in [5.41, 5.74) is 6.38. The average Bonchev–Trinajstić information content (AvgIpc) is 4.08. The molecule has 8 amide bonds. The Morgan fingerprint density at radius 1 is 0.904 bits per heavy atom.